The van der Waals surface area contributed by atoms with Crippen molar-refractivity contribution in [1.82, 2.24) is 0 Å². The van der Waals surface area contributed by atoms with E-state index in [0.29, 0.717) is 6.61 Å². The predicted octanol–water partition coefficient (Wildman–Crippen LogP) is 4.09. The summed E-state index contributed by atoms with van der Waals surface area (Å²) in [5.74, 6) is 0.963. The zero-order valence-electron chi connectivity index (χ0n) is 9.56. The number of fused-ring (bicyclic) bond motifs is 1. The van der Waals surface area contributed by atoms with Gasteiger partial charge in [0.1, 0.15) is 18.1 Å². The zero-order chi connectivity index (χ0) is 12.5. The Labute approximate surface area is 114 Å². The van der Waals surface area contributed by atoms with Gasteiger partial charge in [-0.15, -0.1) is 0 Å². The van der Waals surface area contributed by atoms with E-state index in [1.165, 1.54) is 0 Å². The van der Waals surface area contributed by atoms with Crippen molar-refractivity contribution in [3.63, 3.8) is 0 Å². The van der Waals surface area contributed by atoms with Gasteiger partial charge in [-0.05, 0) is 41.5 Å². The number of ether oxygens (including phenoxy) is 1. The highest BCUT2D eigenvalue weighted by atomic mass is 79.9. The molecule has 2 aromatic rings. The number of hydrogen-bond donors (Lipinski definition) is 1. The van der Waals surface area contributed by atoms with Crippen LogP contribution in [0.1, 0.15) is 11.1 Å². The lowest BCUT2D eigenvalue weighted by Gasteiger charge is -2.18. The van der Waals surface area contributed by atoms with Gasteiger partial charge in [-0.25, -0.2) is 0 Å². The largest absolute Gasteiger partial charge is 0.508 e. The Hall–Kier alpha value is -1.74. The lowest BCUT2D eigenvalue weighted by molar-refractivity contribution is 0.362. The van der Waals surface area contributed by atoms with Crippen molar-refractivity contribution in [2.45, 2.75) is 0 Å². The van der Waals surface area contributed by atoms with Crippen LogP contribution in [0.2, 0.25) is 0 Å². The van der Waals surface area contributed by atoms with Crippen LogP contribution in [0.25, 0.3) is 11.6 Å². The fourth-order valence-corrected chi connectivity index (χ4v) is 2.25. The molecule has 1 aliphatic heterocycles. The van der Waals surface area contributed by atoms with Crippen molar-refractivity contribution >= 4 is 27.6 Å². The van der Waals surface area contributed by atoms with Gasteiger partial charge in [0.15, 0.2) is 0 Å². The molecule has 0 saturated carbocycles. The van der Waals surface area contributed by atoms with Crippen LogP contribution in [0, 0.1) is 0 Å². The minimum absolute atomic E-state index is 0.231. The van der Waals surface area contributed by atoms with E-state index >= 15 is 0 Å². The Kier molecular flexibility index (Phi) is 2.84. The van der Waals surface area contributed by atoms with Gasteiger partial charge >= 0.3 is 0 Å². The molecule has 0 aliphatic carbocycles. The number of hydrogen-bond acceptors (Lipinski definition) is 2. The van der Waals surface area contributed by atoms with E-state index in [4.69, 9.17) is 4.74 Å². The molecule has 0 radical (unpaired) electrons. The molecule has 0 atom stereocenters. The molecule has 0 spiro atoms. The highest BCUT2D eigenvalue weighted by Crippen LogP contribution is 2.33. The Balaban J connectivity index is 2.00. The first-order valence-corrected chi connectivity index (χ1v) is 6.44. The maximum absolute atomic E-state index is 9.40. The molecular weight excluding hydrogens is 292 g/mol. The van der Waals surface area contributed by atoms with E-state index in [1.54, 1.807) is 12.1 Å². The van der Waals surface area contributed by atoms with Gasteiger partial charge in [0, 0.05) is 16.1 Å². The van der Waals surface area contributed by atoms with Crippen LogP contribution in [0.15, 0.2) is 46.9 Å². The normalized spacial score (nSPS) is 13.5. The second kappa shape index (κ2) is 4.50. The highest BCUT2D eigenvalue weighted by Gasteiger charge is 2.13. The third-order valence-corrected chi connectivity index (χ3v) is 3.45. The Morgan fingerprint density at radius 1 is 1.06 bits per heavy atom. The molecule has 1 heterocycles. The van der Waals surface area contributed by atoms with Crippen LogP contribution in [0.5, 0.6) is 11.5 Å². The Bertz CT molecular complexity index is 615. The maximum atomic E-state index is 9.40. The molecule has 1 aliphatic rings. The topological polar surface area (TPSA) is 29.5 Å². The van der Waals surface area contributed by atoms with Crippen LogP contribution in [-0.2, 0) is 0 Å². The summed E-state index contributed by atoms with van der Waals surface area (Å²) in [6.07, 6.45) is 2.10. The second-order valence-corrected chi connectivity index (χ2v) is 5.10. The molecule has 3 heteroatoms. The van der Waals surface area contributed by atoms with Gasteiger partial charge in [0.25, 0.3) is 0 Å². The molecule has 2 nitrogen and oxygen atoms in total. The standard InChI is InChI=1S/C15H11BrO2/c16-13-4-1-10(2-5-13)12-7-11-3-6-14(17)8-15(11)18-9-12/h1-8,17H,9H2. The number of halogens is 1. The van der Waals surface area contributed by atoms with Crippen molar-refractivity contribution < 1.29 is 9.84 Å². The minimum Gasteiger partial charge on any atom is -0.508 e. The van der Waals surface area contributed by atoms with E-state index in [-0.39, 0.29) is 5.75 Å². The van der Waals surface area contributed by atoms with Crippen molar-refractivity contribution in [3.05, 3.63) is 58.1 Å². The van der Waals surface area contributed by atoms with E-state index in [2.05, 4.69) is 34.1 Å². The van der Waals surface area contributed by atoms with Crippen LogP contribution >= 0.6 is 15.9 Å². The Morgan fingerprint density at radius 3 is 2.61 bits per heavy atom. The van der Waals surface area contributed by atoms with Gasteiger partial charge < -0.3 is 9.84 Å². The summed E-state index contributed by atoms with van der Waals surface area (Å²) in [7, 11) is 0. The summed E-state index contributed by atoms with van der Waals surface area (Å²) < 4.78 is 6.73. The van der Waals surface area contributed by atoms with E-state index in [9.17, 15) is 5.11 Å². The molecule has 2 aromatic carbocycles. The molecule has 0 unspecified atom stereocenters. The first kappa shape index (κ1) is 11.4. The average Bonchev–Trinajstić information content (AvgIpc) is 2.39. The van der Waals surface area contributed by atoms with E-state index < -0.39 is 0 Å². The van der Waals surface area contributed by atoms with Crippen LogP contribution in [0.4, 0.5) is 0 Å². The smallest absolute Gasteiger partial charge is 0.130 e. The number of benzene rings is 2. The van der Waals surface area contributed by atoms with Crippen LogP contribution in [0.3, 0.4) is 0 Å². The number of aromatic hydroxyl groups is 1. The minimum atomic E-state index is 0.231. The molecule has 3 rings (SSSR count). The maximum Gasteiger partial charge on any atom is 0.130 e. The fraction of sp³-hybridized carbons (Fsp3) is 0.0667. The molecule has 0 fully saturated rings. The number of phenols is 1. The third kappa shape index (κ3) is 2.14. The highest BCUT2D eigenvalue weighted by molar-refractivity contribution is 9.10. The zero-order valence-corrected chi connectivity index (χ0v) is 11.1. The average molecular weight is 303 g/mol. The SMILES string of the molecule is Oc1ccc2c(c1)OCC(c1ccc(Br)cc1)=C2. The van der Waals surface area contributed by atoms with Crippen molar-refractivity contribution in [2.75, 3.05) is 6.61 Å². The monoisotopic (exact) mass is 302 g/mol. The van der Waals surface area contributed by atoms with Gasteiger partial charge in [-0.1, -0.05) is 28.1 Å². The van der Waals surface area contributed by atoms with Crippen molar-refractivity contribution in [1.29, 1.82) is 0 Å². The van der Waals surface area contributed by atoms with Gasteiger partial charge in [0.2, 0.25) is 0 Å². The summed E-state index contributed by atoms with van der Waals surface area (Å²) in [5.41, 5.74) is 3.29. The summed E-state index contributed by atoms with van der Waals surface area (Å²) in [6.45, 7) is 0.526. The lowest BCUT2D eigenvalue weighted by atomic mass is 10.0. The van der Waals surface area contributed by atoms with Crippen molar-refractivity contribution in [2.24, 2.45) is 0 Å². The fourth-order valence-electron chi connectivity index (χ4n) is 1.98. The van der Waals surface area contributed by atoms with Gasteiger partial charge in [0.05, 0.1) is 0 Å². The molecular formula is C15H11BrO2. The molecule has 1 N–H and O–H groups in total. The molecule has 0 bridgehead atoms. The first-order chi connectivity index (χ1) is 8.72. The predicted molar refractivity (Wildman–Crippen MR) is 75.6 cm³/mol. The van der Waals surface area contributed by atoms with E-state index in [0.717, 1.165) is 26.9 Å². The quantitative estimate of drug-likeness (QED) is 0.860. The lowest BCUT2D eigenvalue weighted by Crippen LogP contribution is -2.06. The Morgan fingerprint density at radius 2 is 1.83 bits per heavy atom. The summed E-state index contributed by atoms with van der Waals surface area (Å²) in [4.78, 5) is 0. The molecule has 90 valence electrons. The molecule has 18 heavy (non-hydrogen) atoms. The van der Waals surface area contributed by atoms with Crippen LogP contribution < -0.4 is 4.74 Å². The first-order valence-electron chi connectivity index (χ1n) is 5.65. The molecule has 0 aromatic heterocycles. The van der Waals surface area contributed by atoms with Crippen molar-refractivity contribution in [3.8, 4) is 11.5 Å². The van der Waals surface area contributed by atoms with Gasteiger partial charge in [-0.2, -0.15) is 0 Å². The summed E-state index contributed by atoms with van der Waals surface area (Å²) in [6, 6.07) is 13.3. The molecule has 0 amide bonds. The number of rotatable bonds is 1. The summed E-state index contributed by atoms with van der Waals surface area (Å²) in [5, 5.41) is 9.40. The number of phenolic OH excluding ortho intramolecular Hbond substituents is 1. The third-order valence-electron chi connectivity index (χ3n) is 2.93. The van der Waals surface area contributed by atoms with Gasteiger partial charge in [-0.3, -0.25) is 0 Å². The molecule has 0 saturated heterocycles. The van der Waals surface area contributed by atoms with Crippen LogP contribution in [-0.4, -0.2) is 11.7 Å². The van der Waals surface area contributed by atoms with E-state index in [1.807, 2.05) is 18.2 Å². The second-order valence-electron chi connectivity index (χ2n) is 4.19. The summed E-state index contributed by atoms with van der Waals surface area (Å²) >= 11 is 3.42.